The van der Waals surface area contributed by atoms with Gasteiger partial charge in [0.15, 0.2) is 0 Å². The first kappa shape index (κ1) is 18.8. The van der Waals surface area contributed by atoms with Crippen LogP contribution in [0.5, 0.6) is 5.75 Å². The van der Waals surface area contributed by atoms with E-state index in [1.54, 1.807) is 6.20 Å². The molecule has 1 unspecified atom stereocenters. The van der Waals surface area contributed by atoms with E-state index in [2.05, 4.69) is 30.5 Å². The lowest BCUT2D eigenvalue weighted by Gasteiger charge is -2.17. The van der Waals surface area contributed by atoms with Crippen molar-refractivity contribution in [2.24, 2.45) is 0 Å². The number of anilines is 2. The van der Waals surface area contributed by atoms with E-state index < -0.39 is 0 Å². The fourth-order valence-electron chi connectivity index (χ4n) is 3.35. The van der Waals surface area contributed by atoms with Gasteiger partial charge in [0.05, 0.1) is 18.0 Å². The maximum atomic E-state index is 12.3. The zero-order valence-electron chi connectivity index (χ0n) is 16.3. The minimum absolute atomic E-state index is 0.0374. The number of ether oxygens (including phenoxy) is 1. The van der Waals surface area contributed by atoms with Crippen molar-refractivity contribution >= 4 is 17.7 Å². The van der Waals surface area contributed by atoms with Crippen molar-refractivity contribution in [3.63, 3.8) is 0 Å². The van der Waals surface area contributed by atoms with Crippen LogP contribution in [0.4, 0.5) is 16.4 Å². The lowest BCUT2D eigenvalue weighted by molar-refractivity contribution is 0.249. The second-order valence-electron chi connectivity index (χ2n) is 6.81. The van der Waals surface area contributed by atoms with Crippen LogP contribution >= 0.6 is 0 Å². The molecule has 0 spiro atoms. The summed E-state index contributed by atoms with van der Waals surface area (Å²) in [4.78, 5) is 26.6. The molecule has 8 nitrogen and oxygen atoms in total. The Morgan fingerprint density at radius 1 is 1.28 bits per heavy atom. The summed E-state index contributed by atoms with van der Waals surface area (Å²) in [6, 6.07) is 12.9. The third-order valence-corrected chi connectivity index (χ3v) is 4.75. The normalized spacial score (nSPS) is 15.9. The van der Waals surface area contributed by atoms with Gasteiger partial charge in [-0.25, -0.2) is 14.8 Å². The molecule has 4 rings (SSSR count). The van der Waals surface area contributed by atoms with Gasteiger partial charge in [-0.15, -0.1) is 0 Å². The Balaban J connectivity index is 1.32. The minimum Gasteiger partial charge on any atom is -0.494 e. The van der Waals surface area contributed by atoms with Crippen molar-refractivity contribution in [1.29, 1.82) is 0 Å². The SMILES string of the molecule is CCOc1ccc(NC(=O)NC2CCN(c3nccc(-c4ccc[nH]4)n3)C2)cc1. The van der Waals surface area contributed by atoms with Crippen LogP contribution in [0.2, 0.25) is 0 Å². The second-order valence-corrected chi connectivity index (χ2v) is 6.81. The third kappa shape index (κ3) is 4.66. The maximum absolute atomic E-state index is 12.3. The summed E-state index contributed by atoms with van der Waals surface area (Å²) in [6.07, 6.45) is 4.47. The van der Waals surface area contributed by atoms with Gasteiger partial charge in [-0.3, -0.25) is 0 Å². The quantitative estimate of drug-likeness (QED) is 0.598. The zero-order chi connectivity index (χ0) is 20.1. The molecule has 2 aromatic heterocycles. The number of benzene rings is 1. The van der Waals surface area contributed by atoms with Crippen LogP contribution in [0.1, 0.15) is 13.3 Å². The number of amides is 2. The van der Waals surface area contributed by atoms with Crippen LogP contribution in [0.15, 0.2) is 54.9 Å². The van der Waals surface area contributed by atoms with Gasteiger partial charge < -0.3 is 25.3 Å². The molecule has 3 N–H and O–H groups in total. The van der Waals surface area contributed by atoms with Gasteiger partial charge in [-0.1, -0.05) is 0 Å². The highest BCUT2D eigenvalue weighted by molar-refractivity contribution is 5.89. The Labute approximate surface area is 169 Å². The zero-order valence-corrected chi connectivity index (χ0v) is 16.3. The summed E-state index contributed by atoms with van der Waals surface area (Å²) < 4.78 is 5.41. The molecule has 1 fully saturated rings. The average molecular weight is 392 g/mol. The van der Waals surface area contributed by atoms with E-state index in [0.29, 0.717) is 19.1 Å². The lowest BCUT2D eigenvalue weighted by atomic mass is 10.2. The highest BCUT2D eigenvalue weighted by Crippen LogP contribution is 2.20. The summed E-state index contributed by atoms with van der Waals surface area (Å²) in [5.74, 6) is 1.46. The van der Waals surface area contributed by atoms with E-state index in [9.17, 15) is 4.79 Å². The Bertz CT molecular complexity index is 942. The van der Waals surface area contributed by atoms with Crippen LogP contribution < -0.4 is 20.3 Å². The summed E-state index contributed by atoms with van der Waals surface area (Å²) >= 11 is 0. The summed E-state index contributed by atoms with van der Waals surface area (Å²) in [5, 5.41) is 5.89. The molecule has 1 aliphatic rings. The molecule has 0 radical (unpaired) electrons. The number of aromatic nitrogens is 3. The molecule has 1 saturated heterocycles. The Kier molecular flexibility index (Phi) is 5.60. The Morgan fingerprint density at radius 2 is 2.14 bits per heavy atom. The van der Waals surface area contributed by atoms with Gasteiger partial charge in [-0.2, -0.15) is 0 Å². The van der Waals surface area contributed by atoms with E-state index in [4.69, 9.17) is 4.74 Å². The number of carbonyl (C=O) groups excluding carboxylic acids is 1. The topological polar surface area (TPSA) is 95.2 Å². The number of nitrogens with one attached hydrogen (secondary N) is 3. The predicted molar refractivity (Wildman–Crippen MR) is 112 cm³/mol. The number of nitrogens with zero attached hydrogens (tertiary/aromatic N) is 3. The number of rotatable bonds is 6. The van der Waals surface area contributed by atoms with Crippen molar-refractivity contribution in [3.8, 4) is 17.1 Å². The van der Waals surface area contributed by atoms with E-state index >= 15 is 0 Å². The number of carbonyl (C=O) groups is 1. The van der Waals surface area contributed by atoms with Crippen molar-refractivity contribution < 1.29 is 9.53 Å². The van der Waals surface area contributed by atoms with Gasteiger partial charge in [0.2, 0.25) is 5.95 Å². The van der Waals surface area contributed by atoms with Gasteiger partial charge in [0.1, 0.15) is 5.75 Å². The fourth-order valence-corrected chi connectivity index (χ4v) is 3.35. The molecule has 1 atom stereocenters. The number of H-pyrrole nitrogens is 1. The number of hydrogen-bond donors (Lipinski definition) is 3. The number of hydrogen-bond acceptors (Lipinski definition) is 5. The van der Waals surface area contributed by atoms with Crippen LogP contribution in [0.3, 0.4) is 0 Å². The monoisotopic (exact) mass is 392 g/mol. The fraction of sp³-hybridized carbons (Fsp3) is 0.286. The number of urea groups is 1. The Hall–Kier alpha value is -3.55. The molecular formula is C21H24N6O2. The van der Waals surface area contributed by atoms with E-state index in [0.717, 1.165) is 35.8 Å². The molecule has 0 saturated carbocycles. The molecular weight excluding hydrogens is 368 g/mol. The number of aromatic amines is 1. The van der Waals surface area contributed by atoms with Gasteiger partial charge in [0.25, 0.3) is 0 Å². The van der Waals surface area contributed by atoms with Crippen molar-refractivity contribution in [3.05, 3.63) is 54.9 Å². The molecule has 0 bridgehead atoms. The molecule has 8 heteroatoms. The highest BCUT2D eigenvalue weighted by atomic mass is 16.5. The first-order valence-corrected chi connectivity index (χ1v) is 9.73. The van der Waals surface area contributed by atoms with Gasteiger partial charge in [-0.05, 0) is 55.8 Å². The largest absolute Gasteiger partial charge is 0.494 e. The van der Waals surface area contributed by atoms with Crippen LogP contribution in [-0.4, -0.2) is 46.7 Å². The van der Waals surface area contributed by atoms with Gasteiger partial charge >= 0.3 is 6.03 Å². The smallest absolute Gasteiger partial charge is 0.319 e. The lowest BCUT2D eigenvalue weighted by Crippen LogP contribution is -2.39. The molecule has 1 aromatic carbocycles. The second kappa shape index (κ2) is 8.64. The molecule has 0 aliphatic carbocycles. The summed E-state index contributed by atoms with van der Waals surface area (Å²) in [5.41, 5.74) is 2.53. The van der Waals surface area contributed by atoms with Gasteiger partial charge in [0, 0.05) is 37.2 Å². The summed E-state index contributed by atoms with van der Waals surface area (Å²) in [6.45, 7) is 4.02. The maximum Gasteiger partial charge on any atom is 0.319 e. The van der Waals surface area contributed by atoms with Crippen molar-refractivity contribution in [2.45, 2.75) is 19.4 Å². The molecule has 1 aliphatic heterocycles. The van der Waals surface area contributed by atoms with Crippen LogP contribution in [0.25, 0.3) is 11.4 Å². The molecule has 3 aromatic rings. The highest BCUT2D eigenvalue weighted by Gasteiger charge is 2.26. The van der Waals surface area contributed by atoms with Crippen LogP contribution in [-0.2, 0) is 0 Å². The van der Waals surface area contributed by atoms with E-state index in [1.165, 1.54) is 0 Å². The molecule has 29 heavy (non-hydrogen) atoms. The molecule has 3 heterocycles. The standard InChI is InChI=1S/C21H24N6O2/c1-2-29-17-7-5-15(6-8-17)24-21(28)25-16-10-13-27(14-16)20-23-12-9-19(26-20)18-4-3-11-22-18/h3-9,11-12,16,22H,2,10,13-14H2,1H3,(H2,24,25,28). The van der Waals surface area contributed by atoms with E-state index in [1.807, 2.05) is 55.6 Å². The van der Waals surface area contributed by atoms with Crippen LogP contribution in [0, 0.1) is 0 Å². The third-order valence-electron chi connectivity index (χ3n) is 4.75. The first-order chi connectivity index (χ1) is 14.2. The molecule has 2 amide bonds. The van der Waals surface area contributed by atoms with Crippen molar-refractivity contribution in [1.82, 2.24) is 20.3 Å². The first-order valence-electron chi connectivity index (χ1n) is 9.73. The minimum atomic E-state index is -0.220. The predicted octanol–water partition coefficient (Wildman–Crippen LogP) is 3.27. The molecule has 150 valence electrons. The summed E-state index contributed by atoms with van der Waals surface area (Å²) in [7, 11) is 0. The Morgan fingerprint density at radius 3 is 2.90 bits per heavy atom. The average Bonchev–Trinajstić information content (AvgIpc) is 3.42. The van der Waals surface area contributed by atoms with Crippen molar-refractivity contribution in [2.75, 3.05) is 29.9 Å². The van der Waals surface area contributed by atoms with E-state index in [-0.39, 0.29) is 12.1 Å².